The Bertz CT molecular complexity index is 1140. The number of anilines is 1. The Labute approximate surface area is 177 Å². The van der Waals surface area contributed by atoms with E-state index in [4.69, 9.17) is 4.74 Å². The van der Waals surface area contributed by atoms with Crippen molar-refractivity contribution in [3.8, 4) is 5.75 Å². The molecule has 0 bridgehead atoms. The fourth-order valence-corrected chi connectivity index (χ4v) is 4.17. The molecule has 0 aliphatic rings. The largest absolute Gasteiger partial charge is 0.494 e. The molecule has 0 radical (unpaired) electrons. The number of benzene rings is 2. The van der Waals surface area contributed by atoms with E-state index in [1.165, 1.54) is 23.5 Å². The van der Waals surface area contributed by atoms with Gasteiger partial charge in [0.1, 0.15) is 11.6 Å². The van der Waals surface area contributed by atoms with Crippen LogP contribution in [0.25, 0.3) is 10.2 Å². The van der Waals surface area contributed by atoms with Crippen molar-refractivity contribution in [2.45, 2.75) is 19.9 Å². The van der Waals surface area contributed by atoms with Crippen molar-refractivity contribution >= 4 is 32.6 Å². The van der Waals surface area contributed by atoms with Crippen LogP contribution in [0.5, 0.6) is 5.75 Å². The van der Waals surface area contributed by atoms with E-state index in [9.17, 15) is 9.18 Å². The summed E-state index contributed by atoms with van der Waals surface area (Å²) in [6.07, 6.45) is 6.05. The third-order valence-corrected chi connectivity index (χ3v) is 5.61. The quantitative estimate of drug-likeness (QED) is 0.409. The fourth-order valence-electron chi connectivity index (χ4n) is 3.16. The predicted molar refractivity (Wildman–Crippen MR) is 116 cm³/mol. The molecule has 4 aromatic rings. The van der Waals surface area contributed by atoms with E-state index in [0.29, 0.717) is 36.8 Å². The summed E-state index contributed by atoms with van der Waals surface area (Å²) in [4.78, 5) is 23.5. The number of rotatable bonds is 8. The minimum atomic E-state index is -0.440. The molecule has 2 heterocycles. The topological polar surface area (TPSA) is 60.2 Å². The van der Waals surface area contributed by atoms with Crippen LogP contribution < -0.4 is 9.64 Å². The van der Waals surface area contributed by atoms with Gasteiger partial charge in [-0.3, -0.25) is 9.69 Å². The first-order valence-electron chi connectivity index (χ1n) is 9.70. The lowest BCUT2D eigenvalue weighted by molar-refractivity contribution is 0.0986. The summed E-state index contributed by atoms with van der Waals surface area (Å²) < 4.78 is 22.2. The van der Waals surface area contributed by atoms with Crippen molar-refractivity contribution in [2.24, 2.45) is 0 Å². The Morgan fingerprint density at radius 1 is 1.27 bits per heavy atom. The number of aryl methyl sites for hydroxylation is 1. The molecule has 8 heteroatoms. The molecule has 4 rings (SSSR count). The normalized spacial score (nSPS) is 11.0. The molecule has 0 atom stereocenters. The van der Waals surface area contributed by atoms with Crippen molar-refractivity contribution in [1.29, 1.82) is 0 Å². The molecule has 6 nitrogen and oxygen atoms in total. The van der Waals surface area contributed by atoms with Crippen molar-refractivity contribution < 1.29 is 13.9 Å². The third-order valence-electron chi connectivity index (χ3n) is 4.56. The molecule has 2 aromatic carbocycles. The molecule has 0 fully saturated rings. The fraction of sp³-hybridized carbons (Fsp3) is 0.227. The van der Waals surface area contributed by atoms with Crippen LogP contribution >= 0.6 is 11.3 Å². The third kappa shape index (κ3) is 4.49. The maximum atomic E-state index is 13.7. The molecule has 2 aromatic heterocycles. The Balaban J connectivity index is 1.63. The highest BCUT2D eigenvalue weighted by atomic mass is 32.1. The van der Waals surface area contributed by atoms with Crippen LogP contribution in [-0.2, 0) is 6.54 Å². The van der Waals surface area contributed by atoms with E-state index < -0.39 is 5.82 Å². The maximum absolute atomic E-state index is 13.7. The summed E-state index contributed by atoms with van der Waals surface area (Å²) in [6.45, 7) is 3.68. The predicted octanol–water partition coefficient (Wildman–Crippen LogP) is 4.77. The van der Waals surface area contributed by atoms with Gasteiger partial charge >= 0.3 is 0 Å². The van der Waals surface area contributed by atoms with Crippen LogP contribution in [-0.4, -0.2) is 33.6 Å². The van der Waals surface area contributed by atoms with Gasteiger partial charge in [0.05, 0.1) is 23.2 Å². The lowest BCUT2D eigenvalue weighted by Gasteiger charge is -2.20. The van der Waals surface area contributed by atoms with Crippen LogP contribution in [0.3, 0.4) is 0 Å². The first-order chi connectivity index (χ1) is 14.6. The number of hydrogen-bond donors (Lipinski definition) is 0. The van der Waals surface area contributed by atoms with Crippen molar-refractivity contribution in [2.75, 3.05) is 18.1 Å². The zero-order valence-corrected chi connectivity index (χ0v) is 17.3. The number of nitrogens with zero attached hydrogens (tertiary/aromatic N) is 4. The maximum Gasteiger partial charge on any atom is 0.260 e. The van der Waals surface area contributed by atoms with Gasteiger partial charge in [-0.2, -0.15) is 0 Å². The molecule has 1 amide bonds. The molecule has 30 heavy (non-hydrogen) atoms. The number of carbonyl (C=O) groups is 1. The van der Waals surface area contributed by atoms with Gasteiger partial charge in [-0.15, -0.1) is 0 Å². The Hall–Kier alpha value is -3.26. The Morgan fingerprint density at radius 3 is 2.93 bits per heavy atom. The second-order valence-corrected chi connectivity index (χ2v) is 7.69. The molecular formula is C22H21FN4O2S. The van der Waals surface area contributed by atoms with Gasteiger partial charge < -0.3 is 9.30 Å². The number of thiazole rings is 1. The van der Waals surface area contributed by atoms with Crippen LogP contribution in [0.2, 0.25) is 0 Å². The summed E-state index contributed by atoms with van der Waals surface area (Å²) in [6, 6.07) is 11.4. The zero-order valence-electron chi connectivity index (χ0n) is 16.5. The summed E-state index contributed by atoms with van der Waals surface area (Å²) in [5, 5.41) is 0.582. The molecule has 154 valence electrons. The first kappa shape index (κ1) is 20.0. The van der Waals surface area contributed by atoms with Crippen LogP contribution in [0.1, 0.15) is 23.7 Å². The molecule has 0 aliphatic heterocycles. The highest BCUT2D eigenvalue weighted by molar-refractivity contribution is 7.22. The molecule has 0 aliphatic carbocycles. The number of fused-ring (bicyclic) bond motifs is 1. The summed E-state index contributed by atoms with van der Waals surface area (Å²) >= 11 is 1.42. The number of hydrogen-bond acceptors (Lipinski definition) is 5. The standard InChI is InChI=1S/C22H21FN4O2S/c1-2-29-18-7-8-19-20(14-18)30-22(25-19)27(11-4-10-26-12-9-24-15-26)21(28)16-5-3-6-17(23)13-16/h3,5-9,12-15H,2,4,10-11H2,1H3. The zero-order chi connectivity index (χ0) is 20.9. The van der Waals surface area contributed by atoms with E-state index in [1.807, 2.05) is 35.9 Å². The highest BCUT2D eigenvalue weighted by Crippen LogP contribution is 2.32. The monoisotopic (exact) mass is 424 g/mol. The summed E-state index contributed by atoms with van der Waals surface area (Å²) in [5.74, 6) is 0.0532. The minimum Gasteiger partial charge on any atom is -0.494 e. The van der Waals surface area contributed by atoms with Crippen molar-refractivity contribution in [1.82, 2.24) is 14.5 Å². The van der Waals surface area contributed by atoms with Gasteiger partial charge in [-0.25, -0.2) is 14.4 Å². The number of halogens is 1. The minimum absolute atomic E-state index is 0.274. The first-order valence-corrected chi connectivity index (χ1v) is 10.5. The summed E-state index contributed by atoms with van der Waals surface area (Å²) in [5.41, 5.74) is 1.09. The number of aromatic nitrogens is 3. The second-order valence-electron chi connectivity index (χ2n) is 6.68. The molecule has 0 spiro atoms. The number of ether oxygens (including phenoxy) is 1. The van der Waals surface area contributed by atoms with Gasteiger partial charge in [0.25, 0.3) is 5.91 Å². The van der Waals surface area contributed by atoms with Crippen LogP contribution in [0.4, 0.5) is 9.52 Å². The van der Waals surface area contributed by atoms with Gasteiger partial charge in [0, 0.05) is 31.0 Å². The SMILES string of the molecule is CCOc1ccc2nc(N(CCCn3ccnc3)C(=O)c3cccc(F)c3)sc2c1. The average Bonchev–Trinajstić information content (AvgIpc) is 3.40. The molecular weight excluding hydrogens is 403 g/mol. The highest BCUT2D eigenvalue weighted by Gasteiger charge is 2.21. The van der Waals surface area contributed by atoms with E-state index in [2.05, 4.69) is 9.97 Å². The van der Waals surface area contributed by atoms with E-state index in [-0.39, 0.29) is 5.91 Å². The Kier molecular flexibility index (Phi) is 6.04. The van der Waals surface area contributed by atoms with Crippen molar-refractivity contribution in [3.05, 3.63) is 72.6 Å². The lowest BCUT2D eigenvalue weighted by Crippen LogP contribution is -2.32. The number of carbonyl (C=O) groups excluding carboxylic acids is 1. The van der Waals surface area contributed by atoms with Crippen LogP contribution in [0.15, 0.2) is 61.2 Å². The lowest BCUT2D eigenvalue weighted by atomic mass is 10.2. The van der Waals surface area contributed by atoms with Gasteiger partial charge in [-0.1, -0.05) is 17.4 Å². The average molecular weight is 425 g/mol. The number of amides is 1. The molecule has 0 unspecified atom stereocenters. The second kappa shape index (κ2) is 9.04. The van der Waals surface area contributed by atoms with Crippen LogP contribution in [0, 0.1) is 5.82 Å². The molecule has 0 N–H and O–H groups in total. The van der Waals surface area contributed by atoms with E-state index >= 15 is 0 Å². The molecule has 0 saturated carbocycles. The van der Waals surface area contributed by atoms with Gasteiger partial charge in [0.2, 0.25) is 0 Å². The van der Waals surface area contributed by atoms with Gasteiger partial charge in [0.15, 0.2) is 5.13 Å². The van der Waals surface area contributed by atoms with E-state index in [0.717, 1.165) is 16.0 Å². The van der Waals surface area contributed by atoms with E-state index in [1.54, 1.807) is 29.6 Å². The van der Waals surface area contributed by atoms with Gasteiger partial charge in [-0.05, 0) is 49.7 Å². The Morgan fingerprint density at radius 2 is 2.17 bits per heavy atom. The summed E-state index contributed by atoms with van der Waals surface area (Å²) in [7, 11) is 0. The molecule has 0 saturated heterocycles. The number of imidazole rings is 1. The van der Waals surface area contributed by atoms with Crippen molar-refractivity contribution in [3.63, 3.8) is 0 Å². The smallest absolute Gasteiger partial charge is 0.260 e.